The molecule has 0 saturated heterocycles. The monoisotopic (exact) mass is 398 g/mol. The van der Waals surface area contributed by atoms with Crippen molar-refractivity contribution in [3.05, 3.63) is 94.2 Å². The van der Waals surface area contributed by atoms with Crippen LogP contribution >= 0.6 is 23.2 Å². The van der Waals surface area contributed by atoms with E-state index in [0.29, 0.717) is 10.0 Å². The molecular formula is C22H16Cl2O3. The predicted molar refractivity (Wildman–Crippen MR) is 110 cm³/mol. The number of hydrogen-bond donors (Lipinski definition) is 1. The summed E-state index contributed by atoms with van der Waals surface area (Å²) in [7, 11) is 1.39. The van der Waals surface area contributed by atoms with Crippen molar-refractivity contribution in [3.63, 3.8) is 0 Å². The molecule has 0 saturated carbocycles. The minimum absolute atomic E-state index is 0.525. The van der Waals surface area contributed by atoms with E-state index in [-0.39, 0.29) is 0 Å². The lowest BCUT2D eigenvalue weighted by Crippen LogP contribution is -1.85. The fraction of sp³-hybridized carbons (Fsp3) is 0.0455. The first-order valence-electron chi connectivity index (χ1n) is 7.88. The number of methoxy groups -OCH3 is 1. The van der Waals surface area contributed by atoms with Crippen molar-refractivity contribution in [1.29, 1.82) is 0 Å². The quantitative estimate of drug-likeness (QED) is 0.338. The number of hydrogen-bond acceptors (Lipinski definition) is 2. The Labute approximate surface area is 167 Å². The molecule has 0 heterocycles. The van der Waals surface area contributed by atoms with Crippen LogP contribution in [0.25, 0.3) is 10.8 Å². The summed E-state index contributed by atoms with van der Waals surface area (Å²) in [6.07, 6.45) is 2.02. The van der Waals surface area contributed by atoms with E-state index in [0.717, 1.165) is 23.5 Å². The van der Waals surface area contributed by atoms with Gasteiger partial charge in [-0.15, -0.1) is 0 Å². The minimum Gasteiger partial charge on any atom is -0.504 e. The highest BCUT2D eigenvalue weighted by Crippen LogP contribution is 2.22. The normalized spacial score (nSPS) is 9.89. The Morgan fingerprint density at radius 3 is 2.15 bits per heavy atom. The second kappa shape index (κ2) is 10.3. The van der Waals surface area contributed by atoms with E-state index < -0.39 is 5.97 Å². The van der Waals surface area contributed by atoms with Crippen LogP contribution in [0.3, 0.4) is 0 Å². The summed E-state index contributed by atoms with van der Waals surface area (Å²) in [6, 6.07) is 19.8. The van der Waals surface area contributed by atoms with Crippen molar-refractivity contribution >= 4 is 39.9 Å². The van der Waals surface area contributed by atoms with Crippen molar-refractivity contribution in [2.75, 3.05) is 7.11 Å². The van der Waals surface area contributed by atoms with Gasteiger partial charge < -0.3 is 9.84 Å². The van der Waals surface area contributed by atoms with Gasteiger partial charge in [-0.1, -0.05) is 65.4 Å². The maximum Gasteiger partial charge on any atom is 0.331 e. The number of ether oxygens (including phenoxy) is 1. The van der Waals surface area contributed by atoms with Crippen LogP contribution in [0.5, 0.6) is 0 Å². The number of carbonyl (C=O) groups is 1. The van der Waals surface area contributed by atoms with Crippen molar-refractivity contribution in [2.45, 2.75) is 0 Å². The van der Waals surface area contributed by atoms with Gasteiger partial charge in [-0.2, -0.15) is 0 Å². The zero-order chi connectivity index (χ0) is 19.6. The Morgan fingerprint density at radius 1 is 0.926 bits per heavy atom. The molecule has 0 fully saturated rings. The molecule has 3 rings (SSSR count). The molecule has 0 aliphatic carbocycles. The van der Waals surface area contributed by atoms with Crippen molar-refractivity contribution in [3.8, 4) is 11.8 Å². The summed E-state index contributed by atoms with van der Waals surface area (Å²) in [5, 5.41) is 11.4. The third-order valence-electron chi connectivity index (χ3n) is 3.37. The van der Waals surface area contributed by atoms with E-state index in [1.54, 1.807) is 12.1 Å². The molecule has 136 valence electrons. The molecule has 0 spiro atoms. The summed E-state index contributed by atoms with van der Waals surface area (Å²) in [5.74, 6) is 5.25. The average Bonchev–Trinajstić information content (AvgIpc) is 2.67. The number of aliphatic carboxylic acids is 1. The maximum absolute atomic E-state index is 9.59. The summed E-state index contributed by atoms with van der Waals surface area (Å²) in [4.78, 5) is 9.59. The second-order valence-electron chi connectivity index (χ2n) is 5.32. The van der Waals surface area contributed by atoms with E-state index in [4.69, 9.17) is 28.3 Å². The number of fused-ring (bicyclic) bond motifs is 1. The first-order valence-corrected chi connectivity index (χ1v) is 8.63. The van der Waals surface area contributed by atoms with Crippen LogP contribution in [0.2, 0.25) is 10.0 Å². The van der Waals surface area contributed by atoms with Gasteiger partial charge in [-0.25, -0.2) is 4.79 Å². The Balaban J connectivity index is 0.000000321. The molecule has 0 atom stereocenters. The number of carboxylic acid groups (broad SMARTS) is 1. The Kier molecular flexibility index (Phi) is 7.76. The molecular weight excluding hydrogens is 383 g/mol. The Hall–Kier alpha value is -2.93. The molecule has 3 aromatic rings. The summed E-state index contributed by atoms with van der Waals surface area (Å²) < 4.78 is 4.29. The third-order valence-corrected chi connectivity index (χ3v) is 4.11. The van der Waals surface area contributed by atoms with Gasteiger partial charge >= 0.3 is 5.97 Å². The highest BCUT2D eigenvalue weighted by molar-refractivity contribution is 6.42. The Morgan fingerprint density at radius 2 is 1.56 bits per heavy atom. The largest absolute Gasteiger partial charge is 0.504 e. The van der Waals surface area contributed by atoms with Gasteiger partial charge in [0.15, 0.2) is 0 Å². The molecule has 3 nitrogen and oxygen atoms in total. The molecule has 3 aromatic carbocycles. The molecule has 0 amide bonds. The standard InChI is InChI=1S/C18H10Cl2.C4H6O3/c19-17-10-8-14(12-18(17)20)6-5-13-7-9-15-3-1-2-4-16(15)11-13;1-7-3-2-4(5)6/h1-4,7-12H;2-3H,1H3,(H,5,6). The van der Waals surface area contributed by atoms with Crippen LogP contribution in [0.15, 0.2) is 73.0 Å². The summed E-state index contributed by atoms with van der Waals surface area (Å²) in [6.45, 7) is 0. The fourth-order valence-corrected chi connectivity index (χ4v) is 2.41. The molecule has 1 N–H and O–H groups in total. The van der Waals surface area contributed by atoms with Gasteiger partial charge in [0.2, 0.25) is 0 Å². The molecule has 0 radical (unpaired) electrons. The van der Waals surface area contributed by atoms with Crippen LogP contribution in [-0.4, -0.2) is 18.2 Å². The van der Waals surface area contributed by atoms with Crippen LogP contribution in [0.1, 0.15) is 11.1 Å². The van der Waals surface area contributed by atoms with Gasteiger partial charge in [-0.05, 0) is 41.1 Å². The van der Waals surface area contributed by atoms with Crippen molar-refractivity contribution < 1.29 is 14.6 Å². The zero-order valence-electron chi connectivity index (χ0n) is 14.4. The topological polar surface area (TPSA) is 46.5 Å². The van der Waals surface area contributed by atoms with Gasteiger partial charge in [0.25, 0.3) is 0 Å². The lowest BCUT2D eigenvalue weighted by molar-refractivity contribution is -0.131. The molecule has 0 bridgehead atoms. The third kappa shape index (κ3) is 6.71. The number of carboxylic acids is 1. The maximum atomic E-state index is 9.59. The van der Waals surface area contributed by atoms with E-state index in [2.05, 4.69) is 40.8 Å². The SMILES string of the molecule is COC=CC(=O)O.Clc1ccc(C#Cc2ccc3ccccc3c2)cc1Cl. The Bertz CT molecular complexity index is 1030. The highest BCUT2D eigenvalue weighted by Gasteiger charge is 1.97. The van der Waals surface area contributed by atoms with Crippen LogP contribution in [0, 0.1) is 11.8 Å². The first-order chi connectivity index (χ1) is 13.0. The number of rotatable bonds is 2. The lowest BCUT2D eigenvalue weighted by atomic mass is 10.1. The number of halogens is 2. The van der Waals surface area contributed by atoms with E-state index >= 15 is 0 Å². The van der Waals surface area contributed by atoms with E-state index in [1.807, 2.05) is 24.3 Å². The molecule has 5 heteroatoms. The average molecular weight is 399 g/mol. The number of benzene rings is 3. The molecule has 0 aliphatic heterocycles. The summed E-state index contributed by atoms with van der Waals surface area (Å²) >= 11 is 11.9. The van der Waals surface area contributed by atoms with Gasteiger partial charge in [0, 0.05) is 11.1 Å². The van der Waals surface area contributed by atoms with Crippen molar-refractivity contribution in [2.24, 2.45) is 0 Å². The van der Waals surface area contributed by atoms with Gasteiger partial charge in [-0.3, -0.25) is 0 Å². The predicted octanol–water partition coefficient (Wildman–Crippen LogP) is 5.78. The van der Waals surface area contributed by atoms with Crippen LogP contribution in [-0.2, 0) is 9.53 Å². The van der Waals surface area contributed by atoms with Crippen LogP contribution in [0.4, 0.5) is 0 Å². The molecule has 27 heavy (non-hydrogen) atoms. The first kappa shape index (κ1) is 20.4. The lowest BCUT2D eigenvalue weighted by Gasteiger charge is -1.98. The smallest absolute Gasteiger partial charge is 0.331 e. The highest BCUT2D eigenvalue weighted by atomic mass is 35.5. The molecule has 0 aromatic heterocycles. The van der Waals surface area contributed by atoms with E-state index in [1.165, 1.54) is 17.9 Å². The zero-order valence-corrected chi connectivity index (χ0v) is 16.0. The van der Waals surface area contributed by atoms with Crippen molar-refractivity contribution in [1.82, 2.24) is 0 Å². The molecule has 0 aliphatic rings. The fourth-order valence-electron chi connectivity index (χ4n) is 2.11. The minimum atomic E-state index is -0.998. The molecule has 0 unspecified atom stereocenters. The van der Waals surface area contributed by atoms with E-state index in [9.17, 15) is 4.79 Å². The van der Waals surface area contributed by atoms with Gasteiger partial charge in [0.05, 0.1) is 29.5 Å². The summed E-state index contributed by atoms with van der Waals surface area (Å²) in [5.41, 5.74) is 1.84. The second-order valence-corrected chi connectivity index (χ2v) is 6.13. The van der Waals surface area contributed by atoms with Crippen LogP contribution < -0.4 is 0 Å². The van der Waals surface area contributed by atoms with Gasteiger partial charge in [0.1, 0.15) is 0 Å².